The molecule has 0 spiro atoms. The zero-order chi connectivity index (χ0) is 6.69. The lowest BCUT2D eigenvalue weighted by molar-refractivity contribution is -0.137. The van der Waals surface area contributed by atoms with Crippen LogP contribution in [0.3, 0.4) is 0 Å². The van der Waals surface area contributed by atoms with Gasteiger partial charge in [-0.3, -0.25) is 4.79 Å². The van der Waals surface area contributed by atoms with Crippen molar-refractivity contribution in [1.29, 1.82) is 0 Å². The summed E-state index contributed by atoms with van der Waals surface area (Å²) >= 11 is 0. The molecule has 0 fully saturated rings. The molecule has 1 aliphatic heterocycles. The summed E-state index contributed by atoms with van der Waals surface area (Å²) in [6.07, 6.45) is 4.83. The molecule has 9 heavy (non-hydrogen) atoms. The lowest BCUT2D eigenvalue weighted by Gasteiger charge is -1.92. The molecule has 4 nitrogen and oxygen atoms in total. The number of rotatable bonds is 2. The molecule has 1 N–H and O–H groups in total. The maximum atomic E-state index is 10.0. The van der Waals surface area contributed by atoms with Gasteiger partial charge >= 0.3 is 5.97 Å². The Morgan fingerprint density at radius 1 is 1.78 bits per heavy atom. The molecule has 47 valence electrons. The molecule has 0 unspecified atom stereocenters. The van der Waals surface area contributed by atoms with Gasteiger partial charge in [-0.25, -0.2) is 0 Å². The third-order valence-electron chi connectivity index (χ3n) is 0.856. The van der Waals surface area contributed by atoms with Gasteiger partial charge in [-0.1, -0.05) is 5.01 Å². The fourth-order valence-corrected chi connectivity index (χ4v) is 0.533. The van der Waals surface area contributed by atoms with E-state index >= 15 is 0 Å². The predicted molar refractivity (Wildman–Crippen MR) is 31.7 cm³/mol. The van der Waals surface area contributed by atoms with Crippen LogP contribution < -0.4 is 5.10 Å². The van der Waals surface area contributed by atoms with E-state index in [0.29, 0.717) is 0 Å². The van der Waals surface area contributed by atoms with Crippen LogP contribution in [0, 0.1) is 0 Å². The maximum Gasteiger partial charge on any atom is 0.329 e. The standard InChI is InChI=1S/C5H6N2O2/c8-5(9)4-7-3-1-2-6-7/h1-3H,4H2,(H,8,9)/q+1. The molecule has 1 rings (SSSR count). The van der Waals surface area contributed by atoms with Crippen LogP contribution in [-0.2, 0) is 4.79 Å². The molecule has 1 heterocycles. The van der Waals surface area contributed by atoms with Crippen LogP contribution in [-0.4, -0.2) is 28.8 Å². The number of carboxylic acid groups (broad SMARTS) is 1. The van der Waals surface area contributed by atoms with Crippen LogP contribution in [0.4, 0.5) is 0 Å². The van der Waals surface area contributed by atoms with E-state index in [0.717, 1.165) is 0 Å². The number of carbonyl (C=O) groups is 1. The normalized spacial score (nSPS) is 14.9. The summed E-state index contributed by atoms with van der Waals surface area (Å²) in [6.45, 7) is -0.0625. The van der Waals surface area contributed by atoms with E-state index in [1.54, 1.807) is 18.5 Å². The van der Waals surface area contributed by atoms with Crippen molar-refractivity contribution in [2.24, 2.45) is 0 Å². The number of hydrazone groups is 1. The second-order valence-electron chi connectivity index (χ2n) is 1.60. The van der Waals surface area contributed by atoms with E-state index in [1.165, 1.54) is 5.01 Å². The minimum absolute atomic E-state index is 0.0625. The van der Waals surface area contributed by atoms with Gasteiger partial charge in [-0.15, -0.1) is 0 Å². The quantitative estimate of drug-likeness (QED) is 0.528. The highest BCUT2D eigenvalue weighted by Crippen LogP contribution is 1.86. The van der Waals surface area contributed by atoms with Crippen molar-refractivity contribution in [1.82, 2.24) is 10.1 Å². The van der Waals surface area contributed by atoms with Gasteiger partial charge in [0.25, 0.3) is 6.21 Å². The minimum atomic E-state index is -0.876. The third kappa shape index (κ3) is 1.56. The molecule has 4 heteroatoms. The Balaban J connectivity index is 2.37. The third-order valence-corrected chi connectivity index (χ3v) is 0.856. The average Bonchev–Trinajstić information content (AvgIpc) is 2.15. The van der Waals surface area contributed by atoms with Gasteiger partial charge in [0.1, 0.15) is 0 Å². The number of aliphatic carboxylic acids is 1. The highest BCUT2D eigenvalue weighted by atomic mass is 16.4. The van der Waals surface area contributed by atoms with Crippen molar-refractivity contribution in [3.05, 3.63) is 12.3 Å². The van der Waals surface area contributed by atoms with Crippen molar-refractivity contribution in [3.63, 3.8) is 0 Å². The molecule has 0 aromatic carbocycles. The average molecular weight is 126 g/mol. The van der Waals surface area contributed by atoms with E-state index in [1.807, 2.05) is 0 Å². The highest BCUT2D eigenvalue weighted by Gasteiger charge is 2.14. The van der Waals surface area contributed by atoms with E-state index < -0.39 is 5.97 Å². The van der Waals surface area contributed by atoms with Crippen molar-refractivity contribution < 1.29 is 9.90 Å². The van der Waals surface area contributed by atoms with E-state index in [9.17, 15) is 4.79 Å². The number of hydrogen-bond acceptors (Lipinski definition) is 3. The summed E-state index contributed by atoms with van der Waals surface area (Å²) in [5.74, 6) is -0.876. The molecule has 0 atom stereocenters. The van der Waals surface area contributed by atoms with Gasteiger partial charge in [-0.2, -0.15) is 0 Å². The molecule has 0 aromatic rings. The summed E-state index contributed by atoms with van der Waals surface area (Å²) in [7, 11) is 0. The fraction of sp³-hybridized carbons (Fsp3) is 0.200. The number of nitrogens with zero attached hydrogens (tertiary/aromatic N) is 2. The van der Waals surface area contributed by atoms with E-state index in [-0.39, 0.29) is 6.54 Å². The highest BCUT2D eigenvalue weighted by molar-refractivity contribution is 5.73. The lowest BCUT2D eigenvalue weighted by Crippen LogP contribution is -2.24. The monoisotopic (exact) mass is 126 g/mol. The molecule has 1 aliphatic rings. The van der Waals surface area contributed by atoms with Crippen LogP contribution in [0.2, 0.25) is 0 Å². The number of carboxylic acids is 1. The first-order valence-corrected chi connectivity index (χ1v) is 2.48. The first-order chi connectivity index (χ1) is 4.29. The van der Waals surface area contributed by atoms with Crippen LogP contribution in [0.15, 0.2) is 12.3 Å². The minimum Gasteiger partial charge on any atom is -0.480 e. The smallest absolute Gasteiger partial charge is 0.329 e. The molecule has 0 saturated carbocycles. The van der Waals surface area contributed by atoms with E-state index in [2.05, 4.69) is 5.10 Å². The molecule has 0 saturated heterocycles. The SMILES string of the molecule is O=C(O)CN1C=CC=[N+]1. The zero-order valence-electron chi connectivity index (χ0n) is 4.69. The topological polar surface area (TPSA) is 54.6 Å². The summed E-state index contributed by atoms with van der Waals surface area (Å²) in [5.41, 5.74) is 0. The summed E-state index contributed by atoms with van der Waals surface area (Å²) in [4.78, 5) is 10.0. The molecule has 0 aromatic heterocycles. The first kappa shape index (κ1) is 5.81. The van der Waals surface area contributed by atoms with Gasteiger partial charge in [0.15, 0.2) is 11.6 Å². The van der Waals surface area contributed by atoms with Crippen molar-refractivity contribution in [2.75, 3.05) is 6.54 Å². The van der Waals surface area contributed by atoms with Crippen LogP contribution in [0.5, 0.6) is 0 Å². The van der Waals surface area contributed by atoms with Crippen molar-refractivity contribution in [3.8, 4) is 0 Å². The molecule has 0 aliphatic carbocycles. The Labute approximate surface area is 52.1 Å². The Hall–Kier alpha value is -1.32. The largest absolute Gasteiger partial charge is 0.480 e. The van der Waals surface area contributed by atoms with Crippen LogP contribution in [0.25, 0.3) is 0 Å². The van der Waals surface area contributed by atoms with Crippen molar-refractivity contribution in [2.45, 2.75) is 0 Å². The molecule has 0 bridgehead atoms. The maximum absolute atomic E-state index is 10.0. The Morgan fingerprint density at radius 3 is 3.00 bits per heavy atom. The van der Waals surface area contributed by atoms with Gasteiger partial charge in [0.2, 0.25) is 0 Å². The molecular weight excluding hydrogens is 120 g/mol. The van der Waals surface area contributed by atoms with Crippen LogP contribution >= 0.6 is 0 Å². The van der Waals surface area contributed by atoms with E-state index in [4.69, 9.17) is 5.11 Å². The molecule has 1 radical (unpaired) electrons. The Bertz CT molecular complexity index is 162. The lowest BCUT2D eigenvalue weighted by atomic mass is 10.6. The number of hydrogen-bond donors (Lipinski definition) is 1. The Kier molecular flexibility index (Phi) is 1.48. The first-order valence-electron chi connectivity index (χ1n) is 2.48. The summed E-state index contributed by atoms with van der Waals surface area (Å²) in [6, 6.07) is 0. The van der Waals surface area contributed by atoms with Crippen molar-refractivity contribution >= 4 is 12.2 Å². The summed E-state index contributed by atoms with van der Waals surface area (Å²) in [5, 5.41) is 13.3. The summed E-state index contributed by atoms with van der Waals surface area (Å²) < 4.78 is 0. The second-order valence-corrected chi connectivity index (χ2v) is 1.60. The van der Waals surface area contributed by atoms with Gasteiger partial charge < -0.3 is 5.11 Å². The molecule has 0 amide bonds. The predicted octanol–water partition coefficient (Wildman–Crippen LogP) is -0.778. The number of allylic oxidation sites excluding steroid dienone is 1. The van der Waals surface area contributed by atoms with Gasteiger partial charge in [0, 0.05) is 6.08 Å². The second kappa shape index (κ2) is 2.30. The van der Waals surface area contributed by atoms with Crippen LogP contribution in [0.1, 0.15) is 0 Å². The van der Waals surface area contributed by atoms with Gasteiger partial charge in [-0.05, 0) is 0 Å². The fourth-order valence-electron chi connectivity index (χ4n) is 0.533. The Morgan fingerprint density at radius 2 is 2.56 bits per heavy atom. The van der Waals surface area contributed by atoms with Gasteiger partial charge in [0.05, 0.1) is 6.20 Å². The zero-order valence-corrected chi connectivity index (χ0v) is 4.69. The molecular formula is C5H6N2O2+.